The molecule has 1 aliphatic heterocycles. The predicted molar refractivity (Wildman–Crippen MR) is 118 cm³/mol. The summed E-state index contributed by atoms with van der Waals surface area (Å²) in [6.45, 7) is 9.48. The Balaban J connectivity index is 1.81. The molecule has 0 aliphatic carbocycles. The minimum atomic E-state index is -0.400. The standard InChI is InChI=1S/C23H34N4O/c1-4-6-7-12-27(23(24)28)19-8-9-22-20(15-19)21(16-25-22)18-10-13-26(14-11-18)17(3)5-2/h4,6,8-9,15-18,25H,5,7,10-14H2,1-3H3,(H2,24,28). The number of anilines is 1. The molecule has 0 saturated carbocycles. The van der Waals surface area contributed by atoms with Crippen molar-refractivity contribution in [2.24, 2.45) is 5.73 Å². The van der Waals surface area contributed by atoms with E-state index in [1.807, 2.05) is 19.1 Å². The number of carbonyl (C=O) groups is 1. The average molecular weight is 383 g/mol. The van der Waals surface area contributed by atoms with Gasteiger partial charge < -0.3 is 15.6 Å². The fraction of sp³-hybridized carbons (Fsp3) is 0.522. The van der Waals surface area contributed by atoms with Gasteiger partial charge in [-0.2, -0.15) is 0 Å². The van der Waals surface area contributed by atoms with Gasteiger partial charge in [-0.25, -0.2) is 4.79 Å². The van der Waals surface area contributed by atoms with Crippen LogP contribution in [-0.4, -0.2) is 41.6 Å². The number of benzene rings is 1. The van der Waals surface area contributed by atoms with Crippen molar-refractivity contribution in [3.05, 3.63) is 42.1 Å². The lowest BCUT2D eigenvalue weighted by molar-refractivity contribution is 0.158. The van der Waals surface area contributed by atoms with Crippen molar-refractivity contribution in [3.8, 4) is 0 Å². The number of fused-ring (bicyclic) bond motifs is 1. The molecule has 2 heterocycles. The second-order valence-electron chi connectivity index (χ2n) is 7.89. The molecule has 1 unspecified atom stereocenters. The molecule has 2 amide bonds. The number of hydrogen-bond acceptors (Lipinski definition) is 2. The van der Waals surface area contributed by atoms with Gasteiger partial charge in [-0.1, -0.05) is 19.1 Å². The first kappa shape index (κ1) is 20.5. The first-order valence-electron chi connectivity index (χ1n) is 10.6. The van der Waals surface area contributed by atoms with Crippen LogP contribution in [0.25, 0.3) is 10.9 Å². The van der Waals surface area contributed by atoms with Gasteiger partial charge in [-0.15, -0.1) is 0 Å². The van der Waals surface area contributed by atoms with Gasteiger partial charge in [-0.05, 0) is 82.3 Å². The number of aromatic nitrogens is 1. The summed E-state index contributed by atoms with van der Waals surface area (Å²) in [5.41, 5.74) is 9.03. The van der Waals surface area contributed by atoms with Crippen molar-refractivity contribution < 1.29 is 4.79 Å². The van der Waals surface area contributed by atoms with Gasteiger partial charge in [0.2, 0.25) is 0 Å². The van der Waals surface area contributed by atoms with Crippen LogP contribution in [0, 0.1) is 0 Å². The Bertz CT molecular complexity index is 817. The summed E-state index contributed by atoms with van der Waals surface area (Å²) >= 11 is 0. The van der Waals surface area contributed by atoms with Gasteiger partial charge in [-0.3, -0.25) is 4.90 Å². The number of likely N-dealkylation sites (tertiary alicyclic amines) is 1. The molecular weight excluding hydrogens is 348 g/mol. The van der Waals surface area contributed by atoms with Crippen LogP contribution in [0.1, 0.15) is 57.9 Å². The maximum atomic E-state index is 12.0. The lowest BCUT2D eigenvalue weighted by atomic mass is 9.88. The maximum absolute atomic E-state index is 12.0. The number of urea groups is 1. The first-order chi connectivity index (χ1) is 13.5. The van der Waals surface area contributed by atoms with Crippen molar-refractivity contribution in [1.82, 2.24) is 9.88 Å². The zero-order valence-corrected chi connectivity index (χ0v) is 17.4. The number of hydrogen-bond donors (Lipinski definition) is 2. The number of nitrogens with zero attached hydrogens (tertiary/aromatic N) is 2. The summed E-state index contributed by atoms with van der Waals surface area (Å²) in [6.07, 6.45) is 10.6. The molecule has 28 heavy (non-hydrogen) atoms. The van der Waals surface area contributed by atoms with Crippen LogP contribution in [0.15, 0.2) is 36.5 Å². The number of nitrogens with one attached hydrogen (secondary N) is 1. The SMILES string of the molecule is CC=CCCN(C(N)=O)c1ccc2[nH]cc(C3CCN(C(C)CC)CC3)c2c1. The van der Waals surface area contributed by atoms with Crippen LogP contribution in [0.5, 0.6) is 0 Å². The smallest absolute Gasteiger partial charge is 0.319 e. The quantitative estimate of drug-likeness (QED) is 0.662. The Morgan fingerprint density at radius 2 is 2.14 bits per heavy atom. The third kappa shape index (κ3) is 4.41. The molecule has 3 rings (SSSR count). The van der Waals surface area contributed by atoms with Crippen LogP contribution in [0.4, 0.5) is 10.5 Å². The predicted octanol–water partition coefficient (Wildman–Crippen LogP) is 5.00. The van der Waals surface area contributed by atoms with Crippen LogP contribution < -0.4 is 10.6 Å². The van der Waals surface area contributed by atoms with E-state index in [0.29, 0.717) is 18.5 Å². The van der Waals surface area contributed by atoms with Crippen molar-refractivity contribution in [3.63, 3.8) is 0 Å². The summed E-state index contributed by atoms with van der Waals surface area (Å²) < 4.78 is 0. The van der Waals surface area contributed by atoms with Crippen LogP contribution in [0.2, 0.25) is 0 Å². The summed E-state index contributed by atoms with van der Waals surface area (Å²) in [5.74, 6) is 0.564. The minimum absolute atomic E-state index is 0.400. The van der Waals surface area contributed by atoms with E-state index in [2.05, 4.69) is 48.1 Å². The van der Waals surface area contributed by atoms with E-state index in [9.17, 15) is 4.79 Å². The van der Waals surface area contributed by atoms with Gasteiger partial charge in [0.15, 0.2) is 0 Å². The Labute approximate surface area is 168 Å². The van der Waals surface area contributed by atoms with Crippen LogP contribution in [-0.2, 0) is 0 Å². The molecule has 1 aromatic carbocycles. The van der Waals surface area contributed by atoms with Crippen molar-refractivity contribution >= 4 is 22.6 Å². The van der Waals surface area contributed by atoms with Crippen LogP contribution in [0.3, 0.4) is 0 Å². The molecule has 0 radical (unpaired) electrons. The summed E-state index contributed by atoms with van der Waals surface area (Å²) in [4.78, 5) is 19.7. The molecule has 0 bridgehead atoms. The molecule has 1 aliphatic rings. The van der Waals surface area contributed by atoms with Gasteiger partial charge in [0.25, 0.3) is 0 Å². The van der Waals surface area contributed by atoms with Crippen LogP contribution >= 0.6 is 0 Å². The van der Waals surface area contributed by atoms with E-state index >= 15 is 0 Å². The highest BCUT2D eigenvalue weighted by Gasteiger charge is 2.25. The van der Waals surface area contributed by atoms with E-state index < -0.39 is 6.03 Å². The van der Waals surface area contributed by atoms with Gasteiger partial charge in [0, 0.05) is 35.4 Å². The molecule has 1 saturated heterocycles. The number of rotatable bonds is 7. The number of primary amides is 1. The largest absolute Gasteiger partial charge is 0.361 e. The molecule has 1 aromatic heterocycles. The van der Waals surface area contributed by atoms with E-state index in [-0.39, 0.29) is 0 Å². The molecule has 2 aromatic rings. The molecular formula is C23H34N4O. The average Bonchev–Trinajstić information content (AvgIpc) is 3.13. The van der Waals surface area contributed by atoms with E-state index in [1.165, 1.54) is 30.2 Å². The third-order valence-electron chi connectivity index (χ3n) is 6.21. The van der Waals surface area contributed by atoms with E-state index in [1.54, 1.807) is 4.90 Å². The van der Waals surface area contributed by atoms with Crippen molar-refractivity contribution in [2.45, 2.75) is 58.4 Å². The molecule has 1 fully saturated rings. The Hall–Kier alpha value is -2.27. The first-order valence-corrected chi connectivity index (χ1v) is 10.6. The number of nitrogens with two attached hydrogens (primary N) is 1. The number of aromatic amines is 1. The summed E-state index contributed by atoms with van der Waals surface area (Å²) in [6, 6.07) is 6.44. The summed E-state index contributed by atoms with van der Waals surface area (Å²) in [7, 11) is 0. The second kappa shape index (κ2) is 9.28. The topological polar surface area (TPSA) is 65.4 Å². The second-order valence-corrected chi connectivity index (χ2v) is 7.89. The fourth-order valence-corrected chi connectivity index (χ4v) is 4.28. The van der Waals surface area contributed by atoms with Gasteiger partial charge in [0.05, 0.1) is 0 Å². The summed E-state index contributed by atoms with van der Waals surface area (Å²) in [5, 5.41) is 1.22. The van der Waals surface area contributed by atoms with Gasteiger partial charge >= 0.3 is 6.03 Å². The lowest BCUT2D eigenvalue weighted by Gasteiger charge is -2.35. The van der Waals surface area contributed by atoms with Gasteiger partial charge in [0.1, 0.15) is 0 Å². The monoisotopic (exact) mass is 382 g/mol. The lowest BCUT2D eigenvalue weighted by Crippen LogP contribution is -2.39. The fourth-order valence-electron chi connectivity index (χ4n) is 4.28. The highest BCUT2D eigenvalue weighted by atomic mass is 16.2. The molecule has 0 spiro atoms. The normalized spacial score (nSPS) is 17.4. The number of allylic oxidation sites excluding steroid dienone is 1. The van der Waals surface area contributed by atoms with Crippen molar-refractivity contribution in [2.75, 3.05) is 24.5 Å². The van der Waals surface area contributed by atoms with E-state index in [4.69, 9.17) is 5.73 Å². The number of H-pyrrole nitrogens is 1. The van der Waals surface area contributed by atoms with E-state index in [0.717, 1.165) is 30.7 Å². The molecule has 152 valence electrons. The zero-order chi connectivity index (χ0) is 20.1. The maximum Gasteiger partial charge on any atom is 0.319 e. The Morgan fingerprint density at radius 1 is 1.39 bits per heavy atom. The molecule has 3 N–H and O–H groups in total. The number of carbonyl (C=O) groups excluding carboxylic acids is 1. The third-order valence-corrected chi connectivity index (χ3v) is 6.21. The zero-order valence-electron chi connectivity index (χ0n) is 17.4. The van der Waals surface area contributed by atoms with Crippen molar-refractivity contribution in [1.29, 1.82) is 0 Å². The Kier molecular flexibility index (Phi) is 6.79. The molecule has 1 atom stereocenters. The Morgan fingerprint density at radius 3 is 2.79 bits per heavy atom. The minimum Gasteiger partial charge on any atom is -0.361 e. The highest BCUT2D eigenvalue weighted by molar-refractivity contribution is 5.95. The number of piperidine rings is 1. The number of amides is 2. The molecule has 5 heteroatoms. The molecule has 5 nitrogen and oxygen atoms in total. The highest BCUT2D eigenvalue weighted by Crippen LogP contribution is 2.35.